The predicted molar refractivity (Wildman–Crippen MR) is 131 cm³/mol. The van der Waals surface area contributed by atoms with E-state index in [0.29, 0.717) is 46.5 Å². The van der Waals surface area contributed by atoms with Crippen molar-refractivity contribution in [2.24, 2.45) is 11.8 Å². The first-order chi connectivity index (χ1) is 16.9. The van der Waals surface area contributed by atoms with E-state index in [9.17, 15) is 9.59 Å². The zero-order valence-electron chi connectivity index (χ0n) is 23.4. The summed E-state index contributed by atoms with van der Waals surface area (Å²) in [5.41, 5.74) is 1.86. The van der Waals surface area contributed by atoms with Gasteiger partial charge in [0, 0.05) is 17.4 Å². The maximum absolute atomic E-state index is 13.5. The molecule has 0 radical (unpaired) electrons. The molecule has 36 heavy (non-hydrogen) atoms. The maximum Gasteiger partial charge on any atom is 1.00 e. The van der Waals surface area contributed by atoms with Gasteiger partial charge in [0.2, 0.25) is 5.75 Å². The first-order valence-electron chi connectivity index (χ1n) is 11.6. The van der Waals surface area contributed by atoms with Gasteiger partial charge in [-0.15, -0.1) is 0 Å². The Bertz CT molecular complexity index is 1070. The fourth-order valence-electron chi connectivity index (χ4n) is 4.68. The van der Waals surface area contributed by atoms with Crippen molar-refractivity contribution in [1.29, 1.82) is 0 Å². The average Bonchev–Trinajstić information content (AvgIpc) is 2.88. The van der Waals surface area contributed by atoms with Gasteiger partial charge in [0.1, 0.15) is 0 Å². The van der Waals surface area contributed by atoms with Crippen LogP contribution in [0, 0.1) is 11.8 Å². The molecule has 2 aromatic rings. The van der Waals surface area contributed by atoms with Crippen LogP contribution >= 0.6 is 0 Å². The Kier molecular flexibility index (Phi) is 10.9. The van der Waals surface area contributed by atoms with Gasteiger partial charge in [0.25, 0.3) is 0 Å². The fraction of sp³-hybridized carbons (Fsp3) is 0.481. The Morgan fingerprint density at radius 3 is 1.92 bits per heavy atom. The average molecular weight is 511 g/mol. The van der Waals surface area contributed by atoms with Crippen molar-refractivity contribution in [3.05, 3.63) is 41.0 Å². The van der Waals surface area contributed by atoms with Crippen LogP contribution in [-0.4, -0.2) is 53.9 Å². The van der Waals surface area contributed by atoms with E-state index < -0.39 is 23.7 Å². The van der Waals surface area contributed by atoms with Crippen LogP contribution < -0.4 is 53.2 Å². The summed E-state index contributed by atoms with van der Waals surface area (Å²) in [7, 11) is 7.65. The summed E-state index contributed by atoms with van der Waals surface area (Å²) in [6.07, 6.45) is 1.64. The Labute approximate surface area is 236 Å². The summed E-state index contributed by atoms with van der Waals surface area (Å²) in [6.45, 7) is 4.08. The van der Waals surface area contributed by atoms with Gasteiger partial charge in [-0.2, -0.15) is 0 Å². The molecule has 2 aromatic carbocycles. The Morgan fingerprint density at radius 2 is 1.42 bits per heavy atom. The van der Waals surface area contributed by atoms with E-state index in [1.807, 2.05) is 6.92 Å². The molecule has 3 rings (SSSR count). The second-order valence-electron chi connectivity index (χ2n) is 8.43. The maximum atomic E-state index is 13.5. The van der Waals surface area contributed by atoms with Crippen LogP contribution in [0.4, 0.5) is 0 Å². The quantitative estimate of drug-likeness (QED) is 0.272. The third kappa shape index (κ3) is 5.61. The number of unbranched alkanes of at least 4 members (excludes halogenated alkanes) is 1. The molecule has 9 heteroatoms. The Morgan fingerprint density at radius 1 is 0.861 bits per heavy atom. The van der Waals surface area contributed by atoms with Crippen LogP contribution in [0.25, 0.3) is 0 Å². The van der Waals surface area contributed by atoms with Crippen LogP contribution in [0.1, 0.15) is 55.5 Å². The number of Topliss-reactive ketones (excluding diaryl/α,β-unsaturated/α-hetero) is 1. The molecule has 0 N–H and O–H groups in total. The standard InChI is InChI=1S/C27H34O8.Na.H/c1-8-9-10-35-27(29)23-15(2)25(28)18-14-20(31-4)19(30-3)13-17(18)24(23)16-11-21(32-5)26(34-7)22(12-16)33-6;;/h11-15,23-24H,8-10H2,1-7H3;;/q;+1;-1. The second-order valence-corrected chi connectivity index (χ2v) is 8.43. The molecule has 0 saturated heterocycles. The van der Waals surface area contributed by atoms with Gasteiger partial charge in [0.15, 0.2) is 28.8 Å². The van der Waals surface area contributed by atoms with Crippen molar-refractivity contribution in [3.8, 4) is 28.7 Å². The molecule has 0 heterocycles. The van der Waals surface area contributed by atoms with E-state index in [-0.39, 0.29) is 36.8 Å². The SMILES string of the molecule is CCCCOC(=O)C1C(C)C(=O)c2cc(OC)c(OC)cc2C1c1cc(OC)c(OC)c(OC)c1.[H-].[Na+]. The van der Waals surface area contributed by atoms with Crippen LogP contribution in [0.15, 0.2) is 24.3 Å². The second kappa shape index (κ2) is 13.2. The topological polar surface area (TPSA) is 89.5 Å². The summed E-state index contributed by atoms with van der Waals surface area (Å²) < 4.78 is 33.2. The Balaban J connectivity index is 0.00000342. The van der Waals surface area contributed by atoms with E-state index in [2.05, 4.69) is 0 Å². The van der Waals surface area contributed by atoms with E-state index in [1.165, 1.54) is 35.5 Å². The van der Waals surface area contributed by atoms with Gasteiger partial charge >= 0.3 is 35.5 Å². The minimum Gasteiger partial charge on any atom is -1.00 e. The number of ketones is 1. The number of carbonyl (C=O) groups excluding carboxylic acids is 2. The van der Waals surface area contributed by atoms with Crippen LogP contribution in [0.5, 0.6) is 28.7 Å². The van der Waals surface area contributed by atoms with Crippen LogP contribution in [-0.2, 0) is 9.53 Å². The number of esters is 1. The van der Waals surface area contributed by atoms with Crippen LogP contribution in [0.2, 0.25) is 0 Å². The molecular formula is C27H35NaO8. The molecule has 8 nitrogen and oxygen atoms in total. The number of rotatable bonds is 10. The molecule has 3 unspecified atom stereocenters. The molecule has 192 valence electrons. The van der Waals surface area contributed by atoms with Crippen molar-refractivity contribution in [2.45, 2.75) is 32.6 Å². The molecule has 0 saturated carbocycles. The zero-order chi connectivity index (χ0) is 25.7. The minimum atomic E-state index is -0.757. The van der Waals surface area contributed by atoms with E-state index in [0.717, 1.165) is 18.4 Å². The van der Waals surface area contributed by atoms with Gasteiger partial charge in [-0.25, -0.2) is 0 Å². The van der Waals surface area contributed by atoms with Crippen molar-refractivity contribution < 1.29 is 69.0 Å². The van der Waals surface area contributed by atoms with E-state index in [1.54, 1.807) is 31.2 Å². The molecule has 0 aliphatic heterocycles. The fourth-order valence-corrected chi connectivity index (χ4v) is 4.68. The number of fused-ring (bicyclic) bond motifs is 1. The largest absolute Gasteiger partial charge is 1.00 e. The molecule has 1 aliphatic rings. The van der Waals surface area contributed by atoms with Crippen molar-refractivity contribution >= 4 is 11.8 Å². The summed E-state index contributed by atoms with van der Waals surface area (Å²) in [5.74, 6) is -0.234. The molecule has 1 aliphatic carbocycles. The predicted octanol–water partition coefficient (Wildman–Crippen LogP) is 1.77. The molecule has 0 bridgehead atoms. The number of benzene rings is 2. The summed E-state index contributed by atoms with van der Waals surface area (Å²) in [4.78, 5) is 26.9. The van der Waals surface area contributed by atoms with Gasteiger partial charge in [0.05, 0.1) is 48.1 Å². The summed E-state index contributed by atoms with van der Waals surface area (Å²) in [5, 5.41) is 0. The van der Waals surface area contributed by atoms with Crippen molar-refractivity contribution in [3.63, 3.8) is 0 Å². The molecule has 0 amide bonds. The smallest absolute Gasteiger partial charge is 1.00 e. The number of carbonyl (C=O) groups is 2. The van der Waals surface area contributed by atoms with Gasteiger partial charge in [-0.1, -0.05) is 20.3 Å². The van der Waals surface area contributed by atoms with E-state index >= 15 is 0 Å². The number of hydrogen-bond acceptors (Lipinski definition) is 8. The third-order valence-electron chi connectivity index (χ3n) is 6.53. The zero-order valence-corrected chi connectivity index (χ0v) is 24.4. The first kappa shape index (κ1) is 29.8. The molecule has 0 spiro atoms. The number of methoxy groups -OCH3 is 5. The summed E-state index contributed by atoms with van der Waals surface area (Å²) >= 11 is 0. The van der Waals surface area contributed by atoms with Crippen LogP contribution in [0.3, 0.4) is 0 Å². The molecule has 0 aromatic heterocycles. The van der Waals surface area contributed by atoms with Crippen molar-refractivity contribution in [1.82, 2.24) is 0 Å². The number of ether oxygens (including phenoxy) is 6. The Hall–Kier alpha value is -2.42. The first-order valence-corrected chi connectivity index (χ1v) is 11.6. The van der Waals surface area contributed by atoms with E-state index in [4.69, 9.17) is 28.4 Å². The number of hydrogen-bond donors (Lipinski definition) is 0. The summed E-state index contributed by atoms with van der Waals surface area (Å²) in [6, 6.07) is 7.05. The van der Waals surface area contributed by atoms with Crippen molar-refractivity contribution in [2.75, 3.05) is 42.2 Å². The molecule has 3 atom stereocenters. The third-order valence-corrected chi connectivity index (χ3v) is 6.53. The molecular weight excluding hydrogens is 475 g/mol. The van der Waals surface area contributed by atoms with Gasteiger partial charge in [-0.3, -0.25) is 9.59 Å². The van der Waals surface area contributed by atoms with Gasteiger partial charge in [-0.05, 0) is 41.8 Å². The normalized spacial score (nSPS) is 18.4. The van der Waals surface area contributed by atoms with Gasteiger partial charge < -0.3 is 29.8 Å². The molecule has 0 fully saturated rings. The minimum absolute atomic E-state index is 0. The monoisotopic (exact) mass is 510 g/mol.